The van der Waals surface area contributed by atoms with Gasteiger partial charge in [-0.2, -0.15) is 5.10 Å². The summed E-state index contributed by atoms with van der Waals surface area (Å²) in [5.74, 6) is 0.378. The van der Waals surface area contributed by atoms with Crippen LogP contribution >= 0.6 is 0 Å². The van der Waals surface area contributed by atoms with Crippen molar-refractivity contribution in [2.24, 2.45) is 17.3 Å². The summed E-state index contributed by atoms with van der Waals surface area (Å²) in [6, 6.07) is 8.59. The lowest BCUT2D eigenvalue weighted by molar-refractivity contribution is -0.671. The van der Waals surface area contributed by atoms with Crippen LogP contribution in [0.15, 0.2) is 59.2 Å². The fraction of sp³-hybridized carbons (Fsp3) is 0.176. The van der Waals surface area contributed by atoms with Gasteiger partial charge >= 0.3 is 0 Å². The second-order valence-electron chi connectivity index (χ2n) is 5.83. The minimum Gasteiger partial charge on any atom is -0.382 e. The van der Waals surface area contributed by atoms with E-state index in [4.69, 9.17) is 5.73 Å². The summed E-state index contributed by atoms with van der Waals surface area (Å²) in [5, 5.41) is 23.4. The zero-order valence-electron chi connectivity index (χ0n) is 14.4. The van der Waals surface area contributed by atoms with Crippen LogP contribution in [0.3, 0.4) is 0 Å². The summed E-state index contributed by atoms with van der Waals surface area (Å²) in [6.07, 6.45) is 5.44. The average Bonchev–Trinajstić information content (AvgIpc) is 2.94. The van der Waals surface area contributed by atoms with E-state index < -0.39 is 4.92 Å². The second-order valence-corrected chi connectivity index (χ2v) is 5.83. The predicted molar refractivity (Wildman–Crippen MR) is 95.4 cm³/mol. The molecule has 0 radical (unpaired) electrons. The molecule has 9 heteroatoms. The molecule has 0 saturated carbocycles. The van der Waals surface area contributed by atoms with E-state index in [2.05, 4.69) is 15.3 Å². The minimum absolute atomic E-state index is 0.00191. The summed E-state index contributed by atoms with van der Waals surface area (Å²) < 4.78 is 3.57. The number of azo groups is 1. The number of nitrogens with two attached hydrogens (primary N) is 1. The molecule has 0 saturated heterocycles. The maximum Gasteiger partial charge on any atom is 0.274 e. The van der Waals surface area contributed by atoms with E-state index in [0.717, 1.165) is 5.56 Å². The molecule has 0 atom stereocenters. The number of benzene rings is 1. The van der Waals surface area contributed by atoms with Gasteiger partial charge in [-0.05, 0) is 19.1 Å². The Hall–Kier alpha value is -3.62. The molecule has 0 spiro atoms. The van der Waals surface area contributed by atoms with E-state index in [0.29, 0.717) is 29.3 Å². The Balaban J connectivity index is 1.84. The zero-order valence-corrected chi connectivity index (χ0v) is 14.4. The first-order chi connectivity index (χ1) is 12.5. The average molecular weight is 352 g/mol. The molecule has 3 aromatic rings. The third kappa shape index (κ3) is 3.56. The van der Waals surface area contributed by atoms with Gasteiger partial charge in [-0.3, -0.25) is 10.1 Å². The molecule has 0 aliphatic rings. The van der Waals surface area contributed by atoms with Gasteiger partial charge in [0, 0.05) is 17.7 Å². The topological polar surface area (TPSA) is 116 Å². The smallest absolute Gasteiger partial charge is 0.274 e. The Bertz CT molecular complexity index is 995. The number of aromatic nitrogens is 3. The van der Waals surface area contributed by atoms with E-state index in [1.54, 1.807) is 23.7 Å². The maximum atomic E-state index is 11.0. The van der Waals surface area contributed by atoms with Crippen LogP contribution in [0.5, 0.6) is 0 Å². The third-order valence-electron chi connectivity index (χ3n) is 3.93. The van der Waals surface area contributed by atoms with E-state index in [1.165, 1.54) is 12.3 Å². The van der Waals surface area contributed by atoms with Gasteiger partial charge in [-0.15, -0.1) is 10.2 Å². The largest absolute Gasteiger partial charge is 0.382 e. The van der Waals surface area contributed by atoms with Crippen molar-refractivity contribution in [3.05, 3.63) is 70.2 Å². The highest BCUT2D eigenvalue weighted by atomic mass is 16.6. The molecule has 3 rings (SSSR count). The summed E-state index contributed by atoms with van der Waals surface area (Å²) in [5.41, 5.74) is 8.43. The summed E-state index contributed by atoms with van der Waals surface area (Å²) >= 11 is 0. The molecule has 2 aromatic heterocycles. The van der Waals surface area contributed by atoms with E-state index in [-0.39, 0.29) is 5.69 Å². The quantitative estimate of drug-likeness (QED) is 0.329. The first kappa shape index (κ1) is 17.2. The van der Waals surface area contributed by atoms with Gasteiger partial charge in [-0.1, -0.05) is 6.07 Å². The fourth-order valence-corrected chi connectivity index (χ4v) is 2.53. The summed E-state index contributed by atoms with van der Waals surface area (Å²) in [7, 11) is 1.94. The molecule has 26 heavy (non-hydrogen) atoms. The lowest BCUT2D eigenvalue weighted by Gasteiger charge is -2.03. The predicted octanol–water partition coefficient (Wildman–Crippen LogP) is 2.97. The highest BCUT2D eigenvalue weighted by Crippen LogP contribution is 2.30. The number of nitro benzene ring substituents is 1. The molecular weight excluding hydrogens is 334 g/mol. The molecular formula is C17H18N7O2+. The lowest BCUT2D eigenvalue weighted by Crippen LogP contribution is -2.27. The summed E-state index contributed by atoms with van der Waals surface area (Å²) in [4.78, 5) is 10.6. The second kappa shape index (κ2) is 7.09. The monoisotopic (exact) mass is 352 g/mol. The van der Waals surface area contributed by atoms with Crippen molar-refractivity contribution in [3.8, 4) is 0 Å². The Morgan fingerprint density at radius 3 is 2.77 bits per heavy atom. The molecule has 1 aromatic carbocycles. The van der Waals surface area contributed by atoms with Gasteiger partial charge in [0.15, 0.2) is 12.4 Å². The van der Waals surface area contributed by atoms with Gasteiger partial charge in [0.1, 0.15) is 18.6 Å². The molecule has 0 fully saturated rings. The Morgan fingerprint density at radius 1 is 1.27 bits per heavy atom. The van der Waals surface area contributed by atoms with Crippen LogP contribution < -0.4 is 10.3 Å². The normalized spacial score (nSPS) is 11.2. The molecule has 132 valence electrons. The number of nitrogens with zero attached hydrogens (tertiary/aromatic N) is 6. The van der Waals surface area contributed by atoms with Crippen LogP contribution in [0.25, 0.3) is 0 Å². The van der Waals surface area contributed by atoms with Crippen molar-refractivity contribution in [3.63, 3.8) is 0 Å². The van der Waals surface area contributed by atoms with Crippen molar-refractivity contribution in [2.45, 2.75) is 13.5 Å². The molecule has 2 N–H and O–H groups in total. The SMILES string of the molecule is Cc1c(N=Nc2cnn(Cc3ccc[n+](C)c3)c2N)cccc1[N+](=O)[O-]. The minimum atomic E-state index is -0.444. The van der Waals surface area contributed by atoms with Crippen LogP contribution in [0.2, 0.25) is 0 Å². The number of hydrogen-bond acceptors (Lipinski definition) is 6. The number of anilines is 1. The highest BCUT2D eigenvalue weighted by molar-refractivity contribution is 5.59. The Kier molecular flexibility index (Phi) is 4.70. The van der Waals surface area contributed by atoms with Gasteiger partial charge in [0.05, 0.1) is 28.9 Å². The van der Waals surface area contributed by atoms with E-state index in [9.17, 15) is 10.1 Å². The lowest BCUT2D eigenvalue weighted by atomic mass is 10.1. The number of hydrogen-bond donors (Lipinski definition) is 1. The molecule has 0 bridgehead atoms. The van der Waals surface area contributed by atoms with Crippen molar-refractivity contribution >= 4 is 22.9 Å². The van der Waals surface area contributed by atoms with Crippen LogP contribution in [0.4, 0.5) is 22.9 Å². The van der Waals surface area contributed by atoms with Crippen LogP contribution in [0.1, 0.15) is 11.1 Å². The molecule has 0 aliphatic heterocycles. The van der Waals surface area contributed by atoms with Gasteiger partial charge in [-0.25, -0.2) is 9.25 Å². The number of nitro groups is 1. The van der Waals surface area contributed by atoms with Crippen LogP contribution in [0, 0.1) is 17.0 Å². The summed E-state index contributed by atoms with van der Waals surface area (Å²) in [6.45, 7) is 2.14. The molecule has 0 amide bonds. The van der Waals surface area contributed by atoms with Gasteiger partial charge < -0.3 is 5.73 Å². The van der Waals surface area contributed by atoms with Gasteiger partial charge in [0.25, 0.3) is 5.69 Å². The standard InChI is InChI=1S/C17H18N7O2/c1-12-14(6-3-7-16(12)24(25)26)20-21-15-9-19-23(17(15)18)11-13-5-4-8-22(2)10-13/h3-10H,11,18H2,1-2H3/q+1. The van der Waals surface area contributed by atoms with Crippen molar-refractivity contribution in [2.75, 3.05) is 5.73 Å². The molecule has 0 unspecified atom stereocenters. The first-order valence-electron chi connectivity index (χ1n) is 7.87. The maximum absolute atomic E-state index is 11.0. The Labute approximate surface area is 149 Å². The Morgan fingerprint density at radius 2 is 2.04 bits per heavy atom. The van der Waals surface area contributed by atoms with Crippen molar-refractivity contribution < 1.29 is 9.49 Å². The van der Waals surface area contributed by atoms with Crippen molar-refractivity contribution in [1.29, 1.82) is 0 Å². The first-order valence-corrected chi connectivity index (χ1v) is 7.87. The van der Waals surface area contributed by atoms with E-state index >= 15 is 0 Å². The van der Waals surface area contributed by atoms with Crippen LogP contribution in [-0.2, 0) is 13.6 Å². The van der Waals surface area contributed by atoms with Crippen LogP contribution in [-0.4, -0.2) is 14.7 Å². The number of nitrogen functional groups attached to an aromatic ring is 1. The number of pyridine rings is 1. The van der Waals surface area contributed by atoms with Gasteiger partial charge in [0.2, 0.25) is 0 Å². The van der Waals surface area contributed by atoms with Crippen molar-refractivity contribution in [1.82, 2.24) is 9.78 Å². The number of aryl methyl sites for hydroxylation is 1. The molecule has 2 heterocycles. The number of rotatable bonds is 5. The zero-order chi connectivity index (χ0) is 18.7. The molecule has 9 nitrogen and oxygen atoms in total. The fourth-order valence-electron chi connectivity index (χ4n) is 2.53. The van der Waals surface area contributed by atoms with E-state index in [1.807, 2.05) is 36.1 Å². The molecule has 0 aliphatic carbocycles. The third-order valence-corrected chi connectivity index (χ3v) is 3.93. The highest BCUT2D eigenvalue weighted by Gasteiger charge is 2.13.